The van der Waals surface area contributed by atoms with Crippen LogP contribution >= 0.6 is 0 Å². The van der Waals surface area contributed by atoms with Gasteiger partial charge in [0.25, 0.3) is 5.91 Å². The minimum absolute atomic E-state index is 0.0244. The first kappa shape index (κ1) is 34.0. The van der Waals surface area contributed by atoms with Gasteiger partial charge in [0, 0.05) is 13.6 Å². The molecule has 0 aromatic rings. The summed E-state index contributed by atoms with van der Waals surface area (Å²) in [6.07, 6.45) is 2.57. The number of rotatable bonds is 14. The highest BCUT2D eigenvalue weighted by atomic mass is 19.1. The molecule has 3 amide bonds. The summed E-state index contributed by atoms with van der Waals surface area (Å²) in [6.45, 7) is 8.82. The number of hydrogen-bond donors (Lipinski definition) is 4. The Morgan fingerprint density at radius 2 is 1.95 bits per heavy atom. The number of amides is 3. The Kier molecular flexibility index (Phi) is 14.1. The number of ether oxygens (including phenoxy) is 2. The van der Waals surface area contributed by atoms with Crippen LogP contribution in [0.4, 0.5) is 9.18 Å². The van der Waals surface area contributed by atoms with Gasteiger partial charge >= 0.3 is 6.09 Å². The van der Waals surface area contributed by atoms with Gasteiger partial charge in [-0.15, -0.1) is 0 Å². The first-order chi connectivity index (χ1) is 18.2. The third kappa shape index (κ3) is 12.6. The van der Waals surface area contributed by atoms with E-state index in [1.807, 2.05) is 20.8 Å². The lowest BCUT2D eigenvalue weighted by molar-refractivity contribution is -0.144. The smallest absolute Gasteiger partial charge is 0.409 e. The van der Waals surface area contributed by atoms with Crippen molar-refractivity contribution in [2.24, 2.45) is 23.0 Å². The molecular weight excluding hydrogens is 511 g/mol. The Labute approximate surface area is 229 Å². The molecule has 0 saturated heterocycles. The zero-order valence-electron chi connectivity index (χ0n) is 23.7. The van der Waals surface area contributed by atoms with Crippen LogP contribution in [-0.4, -0.2) is 85.4 Å². The molecule has 0 aromatic carbocycles. The van der Waals surface area contributed by atoms with Crippen LogP contribution in [0.25, 0.3) is 0 Å². The fourth-order valence-corrected chi connectivity index (χ4v) is 3.24. The van der Waals surface area contributed by atoms with Crippen molar-refractivity contribution < 1.29 is 38.1 Å². The highest BCUT2D eigenvalue weighted by molar-refractivity contribution is 6.40. The average Bonchev–Trinajstić information content (AvgIpc) is 3.09. The molecule has 0 fully saturated rings. The van der Waals surface area contributed by atoms with Crippen LogP contribution in [0.3, 0.4) is 0 Å². The summed E-state index contributed by atoms with van der Waals surface area (Å²) in [4.78, 5) is 51.6. The maximum absolute atomic E-state index is 13.3. The van der Waals surface area contributed by atoms with Gasteiger partial charge in [0.15, 0.2) is 5.83 Å². The average molecular weight is 555 g/mol. The Balaban J connectivity index is 2.79. The molecule has 0 bridgehead atoms. The van der Waals surface area contributed by atoms with Gasteiger partial charge in [-0.1, -0.05) is 39.5 Å². The van der Waals surface area contributed by atoms with Gasteiger partial charge in [-0.05, 0) is 43.3 Å². The molecule has 0 aliphatic heterocycles. The Morgan fingerprint density at radius 1 is 1.28 bits per heavy atom. The van der Waals surface area contributed by atoms with Gasteiger partial charge in [-0.25, -0.2) is 4.79 Å². The molecule has 1 rings (SSSR count). The van der Waals surface area contributed by atoms with Crippen molar-refractivity contribution in [1.82, 2.24) is 15.5 Å². The Morgan fingerprint density at radius 3 is 2.56 bits per heavy atom. The lowest BCUT2D eigenvalue weighted by atomic mass is 9.99. The summed E-state index contributed by atoms with van der Waals surface area (Å²) in [5.41, 5.74) is 8.32. The van der Waals surface area contributed by atoms with Crippen molar-refractivity contribution in [3.63, 3.8) is 0 Å². The van der Waals surface area contributed by atoms with E-state index in [-0.39, 0.29) is 37.7 Å². The van der Waals surface area contributed by atoms with Crippen molar-refractivity contribution in [3.8, 4) is 0 Å². The lowest BCUT2D eigenvalue weighted by Gasteiger charge is -2.33. The maximum Gasteiger partial charge on any atom is 0.409 e. The van der Waals surface area contributed by atoms with E-state index in [0.717, 1.165) is 4.90 Å². The minimum Gasteiger partial charge on any atom is -0.449 e. The van der Waals surface area contributed by atoms with Gasteiger partial charge in [-0.3, -0.25) is 14.4 Å². The molecule has 0 saturated carbocycles. The molecule has 39 heavy (non-hydrogen) atoms. The normalized spacial score (nSPS) is 18.2. The van der Waals surface area contributed by atoms with Crippen LogP contribution < -0.4 is 16.4 Å². The maximum atomic E-state index is 13.3. The fraction of sp³-hybridized carbons (Fsp3) is 0.667. The van der Waals surface area contributed by atoms with E-state index >= 15 is 0 Å². The molecule has 0 spiro atoms. The van der Waals surface area contributed by atoms with Crippen LogP contribution in [0.5, 0.6) is 0 Å². The van der Waals surface area contributed by atoms with E-state index in [0.29, 0.717) is 12.8 Å². The highest BCUT2D eigenvalue weighted by Crippen LogP contribution is 2.15. The van der Waals surface area contributed by atoms with Crippen LogP contribution in [0.15, 0.2) is 29.8 Å². The second-order valence-corrected chi connectivity index (χ2v) is 10.8. The third-order valence-corrected chi connectivity index (χ3v) is 5.92. The van der Waals surface area contributed by atoms with Crippen LogP contribution in [0.1, 0.15) is 47.5 Å². The van der Waals surface area contributed by atoms with Crippen molar-refractivity contribution in [2.75, 3.05) is 33.4 Å². The first-order valence-electron chi connectivity index (χ1n) is 13.0. The summed E-state index contributed by atoms with van der Waals surface area (Å²) in [6, 6.07) is -0.952. The molecule has 11 nitrogen and oxygen atoms in total. The number of Topliss-reactive ketones (excluding diaryl/α,β-unsaturated/α-hetero) is 1. The number of aliphatic hydroxyl groups excluding tert-OH is 1. The summed E-state index contributed by atoms with van der Waals surface area (Å²) in [7, 11) is 1.41. The number of allylic oxidation sites excluding steroid dienone is 2. The van der Waals surface area contributed by atoms with E-state index in [1.54, 1.807) is 13.0 Å². The number of ketones is 1. The summed E-state index contributed by atoms with van der Waals surface area (Å²) < 4.78 is 24.1. The molecule has 0 heterocycles. The number of aliphatic hydroxyl groups is 1. The fourth-order valence-electron chi connectivity index (χ4n) is 3.24. The predicted octanol–water partition coefficient (Wildman–Crippen LogP) is 1.56. The molecule has 220 valence electrons. The van der Waals surface area contributed by atoms with Gasteiger partial charge in [0.05, 0.1) is 32.0 Å². The van der Waals surface area contributed by atoms with Gasteiger partial charge in [-0.2, -0.15) is 4.39 Å². The monoisotopic (exact) mass is 554 g/mol. The number of hydrogen-bond acceptors (Lipinski definition) is 8. The van der Waals surface area contributed by atoms with Crippen molar-refractivity contribution in [3.05, 3.63) is 29.8 Å². The molecule has 5 N–H and O–H groups in total. The predicted molar refractivity (Wildman–Crippen MR) is 143 cm³/mol. The first-order valence-corrected chi connectivity index (χ1v) is 13.0. The number of halogens is 1. The molecular formula is C27H43FN4O7. The molecule has 0 aromatic heterocycles. The van der Waals surface area contributed by atoms with Gasteiger partial charge in [0.2, 0.25) is 11.7 Å². The molecule has 5 unspecified atom stereocenters. The van der Waals surface area contributed by atoms with Crippen molar-refractivity contribution in [2.45, 2.75) is 65.8 Å². The zero-order valence-corrected chi connectivity index (χ0v) is 23.7. The van der Waals surface area contributed by atoms with E-state index in [4.69, 9.17) is 15.2 Å². The van der Waals surface area contributed by atoms with Gasteiger partial charge in [0.1, 0.15) is 12.1 Å². The molecule has 1 aliphatic rings. The van der Waals surface area contributed by atoms with Gasteiger partial charge < -0.3 is 35.8 Å². The number of carbonyl (C=O) groups excluding carboxylic acids is 4. The topological polar surface area (TPSA) is 160 Å². The number of likely N-dealkylation sites (N-methyl/N-ethyl adjacent to an activating group) is 1. The van der Waals surface area contributed by atoms with Crippen LogP contribution in [0.2, 0.25) is 0 Å². The second-order valence-electron chi connectivity index (χ2n) is 10.8. The largest absolute Gasteiger partial charge is 0.449 e. The second kappa shape index (κ2) is 16.1. The zero-order chi connectivity index (χ0) is 29.8. The summed E-state index contributed by atoms with van der Waals surface area (Å²) in [5, 5.41) is 14.7. The van der Waals surface area contributed by atoms with Crippen LogP contribution in [-0.2, 0) is 23.9 Å². The van der Waals surface area contributed by atoms with Crippen LogP contribution in [0, 0.1) is 17.3 Å². The minimum atomic E-state index is -1.32. The summed E-state index contributed by atoms with van der Waals surface area (Å²) in [5.74, 6) is -4.83. The van der Waals surface area contributed by atoms with E-state index in [9.17, 15) is 28.7 Å². The standard InChI is InChI=1S/C27H43FN4O7/c1-7-20(33)14-38-15-21(32(6)26(37)39-16-27(3,4)5)23(29)31-25(36)22(34)17(2)24(35)30-13-18-9-8-10-19(28)12-11-18/h8,11-12,17-18,20-21,23,33H,7,9,13-16,29H2,1-6H3,(H,30,35)(H,31,36). The number of nitrogens with two attached hydrogens (primary N) is 1. The number of carbonyl (C=O) groups is 4. The SMILES string of the molecule is CCC(O)COCC(C(N)NC(=O)C(=O)C(C)C(=O)NCC1C=CC(F)=C=CC1)N(C)C(=O)OCC(C)(C)C. The Bertz CT molecular complexity index is 956. The molecule has 0 radical (unpaired) electrons. The van der Waals surface area contributed by atoms with E-state index < -0.39 is 53.7 Å². The van der Waals surface area contributed by atoms with E-state index in [1.165, 1.54) is 26.1 Å². The molecule has 1 aliphatic carbocycles. The molecule has 5 atom stereocenters. The number of nitrogens with zero attached hydrogens (tertiary/aromatic N) is 1. The molecule has 12 heteroatoms. The Hall–Kier alpha value is -3.05. The van der Waals surface area contributed by atoms with E-state index in [2.05, 4.69) is 16.4 Å². The quantitative estimate of drug-likeness (QED) is 0.109. The lowest BCUT2D eigenvalue weighted by Crippen LogP contribution is -2.60. The number of nitrogens with one attached hydrogen (secondary N) is 2. The van der Waals surface area contributed by atoms with Crippen molar-refractivity contribution >= 4 is 23.7 Å². The third-order valence-electron chi connectivity index (χ3n) is 5.92. The summed E-state index contributed by atoms with van der Waals surface area (Å²) >= 11 is 0. The highest BCUT2D eigenvalue weighted by Gasteiger charge is 2.33. The van der Waals surface area contributed by atoms with Crippen molar-refractivity contribution in [1.29, 1.82) is 0 Å².